The van der Waals surface area contributed by atoms with Gasteiger partial charge in [0.15, 0.2) is 5.82 Å². The SMILES string of the molecule is COc1nccnc1N1CCN(CC(=O)N2CCCCC2C)CC1. The zero-order chi connectivity index (χ0) is 16.9. The van der Waals surface area contributed by atoms with Crippen molar-refractivity contribution in [2.24, 2.45) is 0 Å². The second-order valence-corrected chi connectivity index (χ2v) is 6.58. The van der Waals surface area contributed by atoms with Gasteiger partial charge in [-0.3, -0.25) is 9.69 Å². The van der Waals surface area contributed by atoms with Crippen LogP contribution in [-0.4, -0.2) is 78.1 Å². The van der Waals surface area contributed by atoms with E-state index in [-0.39, 0.29) is 5.91 Å². The molecular formula is C17H27N5O2. The summed E-state index contributed by atoms with van der Waals surface area (Å²) in [6.45, 7) is 6.97. The largest absolute Gasteiger partial charge is 0.478 e. The van der Waals surface area contributed by atoms with E-state index in [0.29, 0.717) is 18.5 Å². The highest BCUT2D eigenvalue weighted by Crippen LogP contribution is 2.23. The van der Waals surface area contributed by atoms with E-state index in [1.807, 2.05) is 0 Å². The minimum atomic E-state index is 0.271. The molecule has 0 aliphatic carbocycles. The summed E-state index contributed by atoms with van der Waals surface area (Å²) in [6.07, 6.45) is 6.83. The number of amides is 1. The third kappa shape index (κ3) is 3.77. The van der Waals surface area contributed by atoms with Gasteiger partial charge in [0.2, 0.25) is 5.91 Å². The number of anilines is 1. The zero-order valence-electron chi connectivity index (χ0n) is 14.6. The molecule has 1 atom stereocenters. The normalized spacial score (nSPS) is 22.5. The van der Waals surface area contributed by atoms with Crippen LogP contribution in [0.25, 0.3) is 0 Å². The monoisotopic (exact) mass is 333 g/mol. The quantitative estimate of drug-likeness (QED) is 0.819. The fraction of sp³-hybridized carbons (Fsp3) is 0.706. The minimum Gasteiger partial charge on any atom is -0.478 e. The average Bonchev–Trinajstić information content (AvgIpc) is 2.62. The lowest BCUT2D eigenvalue weighted by Crippen LogP contribution is -2.52. The van der Waals surface area contributed by atoms with E-state index in [4.69, 9.17) is 4.74 Å². The molecule has 1 unspecified atom stereocenters. The Bertz CT molecular complexity index is 560. The van der Waals surface area contributed by atoms with Gasteiger partial charge in [0.25, 0.3) is 5.88 Å². The highest BCUT2D eigenvalue weighted by atomic mass is 16.5. The lowest BCUT2D eigenvalue weighted by atomic mass is 10.0. The first-order chi connectivity index (χ1) is 11.7. The molecule has 7 heteroatoms. The molecule has 3 rings (SSSR count). The van der Waals surface area contributed by atoms with Gasteiger partial charge in [-0.05, 0) is 26.2 Å². The molecule has 2 aliphatic heterocycles. The van der Waals surface area contributed by atoms with Gasteiger partial charge in [0.1, 0.15) is 0 Å². The van der Waals surface area contributed by atoms with Crippen molar-refractivity contribution in [3.63, 3.8) is 0 Å². The van der Waals surface area contributed by atoms with Crippen LogP contribution < -0.4 is 9.64 Å². The number of likely N-dealkylation sites (tertiary alicyclic amines) is 1. The van der Waals surface area contributed by atoms with E-state index in [9.17, 15) is 4.79 Å². The summed E-state index contributed by atoms with van der Waals surface area (Å²) in [6, 6.07) is 0.386. The Morgan fingerprint density at radius 3 is 2.62 bits per heavy atom. The van der Waals surface area contributed by atoms with Crippen molar-refractivity contribution in [3.8, 4) is 5.88 Å². The lowest BCUT2D eigenvalue weighted by molar-refractivity contribution is -0.135. The molecule has 24 heavy (non-hydrogen) atoms. The molecule has 0 spiro atoms. The van der Waals surface area contributed by atoms with Crippen LogP contribution in [0, 0.1) is 0 Å². The molecule has 0 aromatic carbocycles. The van der Waals surface area contributed by atoms with Gasteiger partial charge >= 0.3 is 0 Å². The van der Waals surface area contributed by atoms with Crippen molar-refractivity contribution in [1.29, 1.82) is 0 Å². The van der Waals surface area contributed by atoms with E-state index < -0.39 is 0 Å². The molecule has 1 amide bonds. The highest BCUT2D eigenvalue weighted by molar-refractivity contribution is 5.78. The van der Waals surface area contributed by atoms with Gasteiger partial charge in [-0.25, -0.2) is 9.97 Å². The third-order valence-electron chi connectivity index (χ3n) is 4.99. The molecule has 132 valence electrons. The van der Waals surface area contributed by atoms with Crippen LogP contribution in [0.4, 0.5) is 5.82 Å². The van der Waals surface area contributed by atoms with Gasteiger partial charge in [-0.2, -0.15) is 0 Å². The average molecular weight is 333 g/mol. The lowest BCUT2D eigenvalue weighted by Gasteiger charge is -2.38. The number of piperidine rings is 1. The maximum atomic E-state index is 12.6. The van der Waals surface area contributed by atoms with Crippen molar-refractivity contribution in [2.75, 3.05) is 51.3 Å². The van der Waals surface area contributed by atoms with E-state index in [1.54, 1.807) is 19.5 Å². The third-order valence-corrected chi connectivity index (χ3v) is 4.99. The van der Waals surface area contributed by atoms with Gasteiger partial charge in [-0.15, -0.1) is 0 Å². The second kappa shape index (κ2) is 7.79. The number of methoxy groups -OCH3 is 1. The van der Waals surface area contributed by atoms with Gasteiger partial charge < -0.3 is 14.5 Å². The molecule has 2 fully saturated rings. The van der Waals surface area contributed by atoms with Crippen molar-refractivity contribution in [3.05, 3.63) is 12.4 Å². The predicted octanol–water partition coefficient (Wildman–Crippen LogP) is 1.01. The Kier molecular flexibility index (Phi) is 5.50. The van der Waals surface area contributed by atoms with Crippen LogP contribution in [0.2, 0.25) is 0 Å². The fourth-order valence-corrected chi connectivity index (χ4v) is 3.55. The maximum Gasteiger partial charge on any atom is 0.257 e. The topological polar surface area (TPSA) is 61.8 Å². The predicted molar refractivity (Wildman–Crippen MR) is 92.3 cm³/mol. The summed E-state index contributed by atoms with van der Waals surface area (Å²) in [7, 11) is 1.61. The van der Waals surface area contributed by atoms with Crippen LogP contribution in [0.15, 0.2) is 12.4 Å². The first kappa shape index (κ1) is 17.0. The van der Waals surface area contributed by atoms with Crippen molar-refractivity contribution < 1.29 is 9.53 Å². The molecule has 1 aromatic rings. The molecular weight excluding hydrogens is 306 g/mol. The van der Waals surface area contributed by atoms with Gasteiger partial charge in [0.05, 0.1) is 13.7 Å². The highest BCUT2D eigenvalue weighted by Gasteiger charge is 2.27. The Labute approximate surface area is 143 Å². The molecule has 0 bridgehead atoms. The fourth-order valence-electron chi connectivity index (χ4n) is 3.55. The Balaban J connectivity index is 1.52. The standard InChI is InChI=1S/C17H27N5O2/c1-14-5-3-4-8-22(14)15(23)13-20-9-11-21(12-10-20)16-17(24-2)19-7-6-18-16/h6-7,14H,3-5,8-13H2,1-2H3. The first-order valence-electron chi connectivity index (χ1n) is 8.81. The maximum absolute atomic E-state index is 12.6. The number of carbonyl (C=O) groups is 1. The minimum absolute atomic E-state index is 0.271. The molecule has 1 aromatic heterocycles. The van der Waals surface area contributed by atoms with E-state index in [1.165, 1.54) is 6.42 Å². The van der Waals surface area contributed by atoms with Crippen LogP contribution in [-0.2, 0) is 4.79 Å². The Morgan fingerprint density at radius 1 is 1.17 bits per heavy atom. The van der Waals surface area contributed by atoms with E-state index >= 15 is 0 Å². The summed E-state index contributed by atoms with van der Waals surface area (Å²) in [5.41, 5.74) is 0. The van der Waals surface area contributed by atoms with Crippen LogP contribution in [0.1, 0.15) is 26.2 Å². The number of ether oxygens (including phenoxy) is 1. The molecule has 7 nitrogen and oxygen atoms in total. The summed E-state index contributed by atoms with van der Waals surface area (Å²) in [5.74, 6) is 1.62. The smallest absolute Gasteiger partial charge is 0.257 e. The number of hydrogen-bond acceptors (Lipinski definition) is 6. The van der Waals surface area contributed by atoms with Crippen LogP contribution >= 0.6 is 0 Å². The summed E-state index contributed by atoms with van der Waals surface area (Å²) < 4.78 is 5.29. The number of rotatable bonds is 4. The summed E-state index contributed by atoms with van der Waals surface area (Å²) in [5, 5.41) is 0. The van der Waals surface area contributed by atoms with Crippen molar-refractivity contribution >= 4 is 11.7 Å². The summed E-state index contributed by atoms with van der Waals surface area (Å²) >= 11 is 0. The van der Waals surface area contributed by atoms with Gasteiger partial charge in [0, 0.05) is 51.2 Å². The van der Waals surface area contributed by atoms with Crippen LogP contribution in [0.3, 0.4) is 0 Å². The molecule has 3 heterocycles. The van der Waals surface area contributed by atoms with E-state index in [2.05, 4.69) is 31.6 Å². The van der Waals surface area contributed by atoms with Gasteiger partial charge in [-0.1, -0.05) is 0 Å². The number of nitrogens with zero attached hydrogens (tertiary/aromatic N) is 5. The zero-order valence-corrected chi connectivity index (χ0v) is 14.6. The molecule has 0 radical (unpaired) electrons. The molecule has 2 saturated heterocycles. The van der Waals surface area contributed by atoms with Crippen LogP contribution in [0.5, 0.6) is 5.88 Å². The van der Waals surface area contributed by atoms with Crippen molar-refractivity contribution in [2.45, 2.75) is 32.2 Å². The molecule has 2 aliphatic rings. The van der Waals surface area contributed by atoms with Crippen molar-refractivity contribution in [1.82, 2.24) is 19.8 Å². The molecule has 0 N–H and O–H groups in total. The number of hydrogen-bond donors (Lipinski definition) is 0. The summed E-state index contributed by atoms with van der Waals surface area (Å²) in [4.78, 5) is 27.6. The second-order valence-electron chi connectivity index (χ2n) is 6.58. The number of aromatic nitrogens is 2. The Hall–Kier alpha value is -1.89. The number of carbonyl (C=O) groups excluding carboxylic acids is 1. The van der Waals surface area contributed by atoms with E-state index in [0.717, 1.165) is 51.4 Å². The Morgan fingerprint density at radius 2 is 1.92 bits per heavy atom. The first-order valence-corrected chi connectivity index (χ1v) is 8.81. The number of piperazine rings is 1. The molecule has 0 saturated carbocycles.